The Morgan fingerprint density at radius 2 is 1.25 bits per heavy atom. The van der Waals surface area contributed by atoms with E-state index in [0.29, 0.717) is 0 Å². The number of hydrogen-bond acceptors (Lipinski definition) is 0. The number of hydrogen-bond donors (Lipinski definition) is 0. The summed E-state index contributed by atoms with van der Waals surface area (Å²) in [6.07, 6.45) is 0. The number of rotatable bonds is 0. The molecule has 0 amide bonds. The molecule has 4 heavy (non-hydrogen) atoms. The fourth-order valence-corrected chi connectivity index (χ4v) is 0. The fraction of sp³-hybridized carbons (Fsp3) is 0. The normalized spacial score (nSPS) is 2.00. The summed E-state index contributed by atoms with van der Waals surface area (Å²) in [6.45, 7) is 0. The first-order chi connectivity index (χ1) is 1.00. The van der Waals surface area contributed by atoms with Crippen LogP contribution in [0.15, 0.2) is 0 Å². The molecule has 0 fully saturated rings. The van der Waals surface area contributed by atoms with Crippen molar-refractivity contribution in [1.82, 2.24) is 0 Å². The summed E-state index contributed by atoms with van der Waals surface area (Å²) in [4.78, 5) is 0. The summed E-state index contributed by atoms with van der Waals surface area (Å²) in [6, 6.07) is 0. The van der Waals surface area contributed by atoms with Gasteiger partial charge in [0.2, 0.25) is 0 Å². The zero-order valence-electron chi connectivity index (χ0n) is 2.91. The topological polar surface area (TPSA) is 0 Å². The second kappa shape index (κ2) is 24.1. The second-order valence-electron chi connectivity index (χ2n) is 0. The van der Waals surface area contributed by atoms with Crippen LogP contribution in [0.4, 0.5) is 0 Å². The third-order valence-electron chi connectivity index (χ3n) is 0. The predicted molar refractivity (Wildman–Crippen MR) is 18.5 cm³/mol. The Balaban J connectivity index is -0.00000000500. The SMILES string of the molecule is B[SiH3].[Cr].[Ti]. The van der Waals surface area contributed by atoms with Crippen molar-refractivity contribution in [3.63, 3.8) is 0 Å². The molecule has 0 bridgehead atoms. The Labute approximate surface area is 56.5 Å². The van der Waals surface area contributed by atoms with E-state index in [4.69, 9.17) is 0 Å². The van der Waals surface area contributed by atoms with Crippen molar-refractivity contribution < 1.29 is 39.1 Å². The zero-order valence-corrected chi connectivity index (χ0v) is 7.74. The quantitative estimate of drug-likeness (QED) is 0.341. The molecule has 0 unspecified atom stereocenters. The van der Waals surface area contributed by atoms with Crippen molar-refractivity contribution in [3.05, 3.63) is 0 Å². The van der Waals surface area contributed by atoms with Crippen molar-refractivity contribution in [1.29, 1.82) is 0 Å². The Hall–Kier alpha value is 1.53. The molecule has 0 heterocycles. The zero-order chi connectivity index (χ0) is 2.00. The summed E-state index contributed by atoms with van der Waals surface area (Å²) < 4.78 is 0. The van der Waals surface area contributed by atoms with Gasteiger partial charge >= 0.3 is 0 Å². The molecule has 0 atom stereocenters. The average Bonchev–Trinajstić information content (AvgIpc) is 1.00. The Bertz CT molecular complexity index is 8.00. The minimum absolute atomic E-state index is 0. The second-order valence-corrected chi connectivity index (χ2v) is 0. The van der Waals surface area contributed by atoms with Gasteiger partial charge in [0, 0.05) is 39.1 Å². The van der Waals surface area contributed by atoms with Crippen LogP contribution in [0.1, 0.15) is 0 Å². The molecule has 0 aliphatic rings. The van der Waals surface area contributed by atoms with E-state index in [1.54, 1.807) is 0 Å². The van der Waals surface area contributed by atoms with Crippen molar-refractivity contribution >= 4 is 17.6 Å². The predicted octanol–water partition coefficient (Wildman–Crippen LogP) is -2.11. The molecule has 0 saturated carbocycles. The summed E-state index contributed by atoms with van der Waals surface area (Å²) in [5.74, 6) is 0. The van der Waals surface area contributed by atoms with Gasteiger partial charge in [0.1, 0.15) is 0 Å². The van der Waals surface area contributed by atoms with Crippen LogP contribution in [0.5, 0.6) is 0 Å². The molecular weight excluding hydrogens is 139 g/mol. The largest absolute Gasteiger partial charge is 0.0852 e. The molecule has 0 saturated heterocycles. The van der Waals surface area contributed by atoms with Crippen LogP contribution in [0.25, 0.3) is 0 Å². The molecule has 0 aliphatic carbocycles. The standard InChI is InChI=1S/BH5Si.Cr.Ti/c1-2;;/h1H2,2H3;;. The molecule has 0 aromatic heterocycles. The first kappa shape index (κ1) is 17.7. The summed E-state index contributed by atoms with van der Waals surface area (Å²) in [5, 5.41) is 0. The van der Waals surface area contributed by atoms with E-state index in [-0.39, 0.29) is 39.1 Å². The van der Waals surface area contributed by atoms with E-state index in [2.05, 4.69) is 7.44 Å². The van der Waals surface area contributed by atoms with E-state index in [9.17, 15) is 0 Å². The molecule has 0 aromatic rings. The van der Waals surface area contributed by atoms with E-state index in [0.717, 1.165) is 0 Å². The first-order valence-corrected chi connectivity index (χ1v) is 3.00. The molecule has 0 N–H and O–H groups in total. The smallest absolute Gasteiger partial charge is 0.0304 e. The third-order valence-corrected chi connectivity index (χ3v) is 0. The van der Waals surface area contributed by atoms with Gasteiger partial charge in [0.25, 0.3) is 0 Å². The monoisotopic (exact) mass is 144 g/mol. The van der Waals surface area contributed by atoms with Gasteiger partial charge in [0.15, 0.2) is 0 Å². The van der Waals surface area contributed by atoms with Crippen LogP contribution >= 0.6 is 0 Å². The van der Waals surface area contributed by atoms with Crippen LogP contribution in [-0.4, -0.2) is 17.6 Å². The van der Waals surface area contributed by atoms with Gasteiger partial charge in [-0.1, -0.05) is 0 Å². The molecule has 0 aliphatic heterocycles. The Morgan fingerprint density at radius 3 is 1.25 bits per heavy atom. The molecule has 0 aromatic carbocycles. The summed E-state index contributed by atoms with van der Waals surface area (Å²) >= 11 is 0. The third kappa shape index (κ3) is 9.66. The van der Waals surface area contributed by atoms with Crippen LogP contribution in [0.2, 0.25) is 0 Å². The van der Waals surface area contributed by atoms with Gasteiger partial charge in [-0.3, -0.25) is 0 Å². The maximum atomic E-state index is 2.14. The molecule has 0 rings (SSSR count). The van der Waals surface area contributed by atoms with Crippen molar-refractivity contribution in [3.8, 4) is 0 Å². The van der Waals surface area contributed by atoms with E-state index in [1.807, 2.05) is 0 Å². The van der Waals surface area contributed by atoms with E-state index >= 15 is 0 Å². The molecule has 0 radical (unpaired) electrons. The minimum Gasteiger partial charge on any atom is -0.0304 e. The van der Waals surface area contributed by atoms with E-state index in [1.165, 1.54) is 10.1 Å². The van der Waals surface area contributed by atoms with Gasteiger partial charge in [-0.25, -0.2) is 0 Å². The van der Waals surface area contributed by atoms with E-state index < -0.39 is 0 Å². The van der Waals surface area contributed by atoms with Crippen molar-refractivity contribution in [2.24, 2.45) is 0 Å². The van der Waals surface area contributed by atoms with Crippen LogP contribution in [0.3, 0.4) is 0 Å². The summed E-state index contributed by atoms with van der Waals surface area (Å²) in [7, 11) is 3.44. The van der Waals surface area contributed by atoms with Crippen molar-refractivity contribution in [2.75, 3.05) is 0 Å². The molecule has 0 nitrogen and oxygen atoms in total. The maximum Gasteiger partial charge on any atom is 0.0852 e. The Morgan fingerprint density at radius 1 is 1.25 bits per heavy atom. The molecule has 22 valence electrons. The molecule has 0 spiro atoms. The molecular formula is H5BCrSiTi. The van der Waals surface area contributed by atoms with Crippen molar-refractivity contribution in [2.45, 2.75) is 0 Å². The van der Waals surface area contributed by atoms with Gasteiger partial charge in [-0.15, -0.1) is 0 Å². The van der Waals surface area contributed by atoms with Crippen LogP contribution in [-0.2, 0) is 39.1 Å². The fourth-order valence-electron chi connectivity index (χ4n) is 0. The minimum atomic E-state index is 0. The summed E-state index contributed by atoms with van der Waals surface area (Å²) in [5.41, 5.74) is 0. The van der Waals surface area contributed by atoms with Gasteiger partial charge < -0.3 is 0 Å². The van der Waals surface area contributed by atoms with Gasteiger partial charge in [-0.2, -0.15) is 0 Å². The molecule has 4 heteroatoms. The van der Waals surface area contributed by atoms with Crippen LogP contribution < -0.4 is 0 Å². The Kier molecular flexibility index (Phi) is 107. The average molecular weight is 144 g/mol. The first-order valence-electron chi connectivity index (χ1n) is 1.00. The van der Waals surface area contributed by atoms with Gasteiger partial charge in [-0.05, 0) is 10.1 Å². The maximum absolute atomic E-state index is 2.14. The van der Waals surface area contributed by atoms with Gasteiger partial charge in [0.05, 0.1) is 7.44 Å². The van der Waals surface area contributed by atoms with Crippen LogP contribution in [0, 0.1) is 0 Å².